The van der Waals surface area contributed by atoms with E-state index in [4.69, 9.17) is 0 Å². The fourth-order valence-electron chi connectivity index (χ4n) is 10.3. The van der Waals surface area contributed by atoms with Gasteiger partial charge in [-0.1, -0.05) is 135 Å². The number of anilines is 3. The lowest BCUT2D eigenvalue weighted by atomic mass is 9.70. The monoisotopic (exact) mass is 759 g/mol. The summed E-state index contributed by atoms with van der Waals surface area (Å²) in [6, 6.07) is 59.5. The van der Waals surface area contributed by atoms with Crippen LogP contribution in [-0.4, -0.2) is 18.9 Å². The van der Waals surface area contributed by atoms with E-state index in [1.54, 1.807) is 0 Å². The first kappa shape index (κ1) is 34.8. The van der Waals surface area contributed by atoms with Crippen molar-refractivity contribution in [3.8, 4) is 44.5 Å². The van der Waals surface area contributed by atoms with Crippen LogP contribution in [0.2, 0.25) is 0 Å². The summed E-state index contributed by atoms with van der Waals surface area (Å²) < 4.78 is 0. The van der Waals surface area contributed by atoms with Gasteiger partial charge in [0.25, 0.3) is 0 Å². The maximum atomic E-state index is 12.1. The first-order chi connectivity index (χ1) is 28.8. The zero-order chi connectivity index (χ0) is 40.0. The molecule has 59 heavy (non-hydrogen) atoms. The second-order valence-corrected chi connectivity index (χ2v) is 16.4. The second-order valence-electron chi connectivity index (χ2n) is 16.4. The molecule has 1 spiro atoms. The molecule has 8 aromatic rings. The average Bonchev–Trinajstić information content (AvgIpc) is 3.84. The van der Waals surface area contributed by atoms with Gasteiger partial charge < -0.3 is 4.90 Å². The van der Waals surface area contributed by atoms with Crippen molar-refractivity contribution >= 4 is 35.9 Å². The summed E-state index contributed by atoms with van der Waals surface area (Å²) in [5, 5.41) is 0. The number of fused-ring (bicyclic) bond motifs is 13. The highest BCUT2D eigenvalue weighted by molar-refractivity contribution is 5.98. The lowest BCUT2D eigenvalue weighted by Crippen LogP contribution is -2.26. The lowest BCUT2D eigenvalue weighted by molar-refractivity contribution is 0.111. The molecule has 0 saturated carbocycles. The Morgan fingerprint density at radius 1 is 0.356 bits per heavy atom. The minimum absolute atomic E-state index is 0.329. The van der Waals surface area contributed by atoms with Crippen LogP contribution < -0.4 is 4.90 Å². The molecule has 0 N–H and O–H groups in total. The van der Waals surface area contributed by atoms with Gasteiger partial charge in [-0.05, 0) is 126 Å². The smallest absolute Gasteiger partial charge is 0.150 e. The van der Waals surface area contributed by atoms with Crippen molar-refractivity contribution in [3.63, 3.8) is 0 Å². The van der Waals surface area contributed by atoms with E-state index in [1.165, 1.54) is 44.5 Å². The van der Waals surface area contributed by atoms with Gasteiger partial charge in [-0.3, -0.25) is 14.4 Å². The van der Waals surface area contributed by atoms with Gasteiger partial charge in [0.1, 0.15) is 18.9 Å². The van der Waals surface area contributed by atoms with E-state index in [9.17, 15) is 14.4 Å². The van der Waals surface area contributed by atoms with Gasteiger partial charge in [0, 0.05) is 39.2 Å². The molecule has 280 valence electrons. The van der Waals surface area contributed by atoms with E-state index in [0.29, 0.717) is 16.7 Å². The van der Waals surface area contributed by atoms with Crippen LogP contribution in [0.15, 0.2) is 170 Å². The highest BCUT2D eigenvalue weighted by Crippen LogP contribution is 2.63. The molecule has 8 aromatic carbocycles. The molecule has 4 nitrogen and oxygen atoms in total. The van der Waals surface area contributed by atoms with E-state index in [2.05, 4.69) is 140 Å². The molecule has 0 aromatic heterocycles. The third kappa shape index (κ3) is 4.87. The molecule has 0 radical (unpaired) electrons. The number of carbonyl (C=O) groups excluding carboxylic acids is 3. The minimum atomic E-state index is -0.587. The first-order valence-electron chi connectivity index (χ1n) is 20.0. The summed E-state index contributed by atoms with van der Waals surface area (Å²) in [7, 11) is 0. The quantitative estimate of drug-likeness (QED) is 0.152. The number of hydrogen-bond donors (Lipinski definition) is 0. The summed E-state index contributed by atoms with van der Waals surface area (Å²) in [5.74, 6) is 0. The highest BCUT2D eigenvalue weighted by Gasteiger charge is 2.52. The zero-order valence-corrected chi connectivity index (χ0v) is 32.6. The molecule has 4 heteroatoms. The molecule has 0 amide bonds. The molecule has 3 aliphatic rings. The fraction of sp³-hybridized carbons (Fsp3) is 0.0727. The van der Waals surface area contributed by atoms with Crippen LogP contribution in [0, 0.1) is 0 Å². The fourth-order valence-corrected chi connectivity index (χ4v) is 10.3. The Labute approximate surface area is 343 Å². The minimum Gasteiger partial charge on any atom is -0.310 e. The third-order valence-corrected chi connectivity index (χ3v) is 13.1. The first-order valence-corrected chi connectivity index (χ1v) is 20.0. The Morgan fingerprint density at radius 2 is 0.780 bits per heavy atom. The van der Waals surface area contributed by atoms with Crippen LogP contribution in [0.5, 0.6) is 0 Å². The van der Waals surface area contributed by atoms with Crippen LogP contribution in [-0.2, 0) is 10.8 Å². The Hall–Kier alpha value is -7.43. The summed E-state index contributed by atoms with van der Waals surface area (Å²) in [6.45, 7) is 4.48. The Kier molecular flexibility index (Phi) is 7.54. The van der Waals surface area contributed by atoms with Crippen molar-refractivity contribution in [2.75, 3.05) is 4.90 Å². The number of rotatable bonds is 7. The number of benzene rings is 8. The van der Waals surface area contributed by atoms with Gasteiger partial charge in [-0.25, -0.2) is 0 Å². The van der Waals surface area contributed by atoms with Crippen LogP contribution in [0.3, 0.4) is 0 Å². The normalized spacial score (nSPS) is 15.7. The van der Waals surface area contributed by atoms with Crippen LogP contribution in [0.1, 0.15) is 78.3 Å². The van der Waals surface area contributed by atoms with Gasteiger partial charge in [-0.2, -0.15) is 0 Å². The van der Waals surface area contributed by atoms with Crippen molar-refractivity contribution in [2.45, 2.75) is 24.7 Å². The predicted octanol–water partition coefficient (Wildman–Crippen LogP) is 12.9. The second kappa shape index (κ2) is 12.8. The van der Waals surface area contributed by atoms with E-state index < -0.39 is 5.41 Å². The largest absolute Gasteiger partial charge is 0.310 e. The summed E-state index contributed by atoms with van der Waals surface area (Å²) in [4.78, 5) is 37.7. The molecule has 0 saturated heterocycles. The lowest BCUT2D eigenvalue weighted by Gasteiger charge is -2.32. The Morgan fingerprint density at radius 3 is 1.41 bits per heavy atom. The molecule has 1 unspecified atom stereocenters. The molecule has 1 atom stereocenters. The maximum absolute atomic E-state index is 12.1. The van der Waals surface area contributed by atoms with E-state index in [1.807, 2.05) is 48.5 Å². The van der Waals surface area contributed by atoms with Crippen LogP contribution in [0.25, 0.3) is 44.5 Å². The van der Waals surface area contributed by atoms with E-state index >= 15 is 0 Å². The van der Waals surface area contributed by atoms with Crippen molar-refractivity contribution in [2.24, 2.45) is 0 Å². The average molecular weight is 760 g/mol. The van der Waals surface area contributed by atoms with Gasteiger partial charge in [0.05, 0.1) is 5.41 Å². The third-order valence-electron chi connectivity index (χ3n) is 13.1. The molecular weight excluding hydrogens is 723 g/mol. The summed E-state index contributed by atoms with van der Waals surface area (Å²) >= 11 is 0. The number of hydrogen-bond acceptors (Lipinski definition) is 4. The molecule has 11 rings (SSSR count). The van der Waals surface area contributed by atoms with Crippen molar-refractivity contribution in [3.05, 3.63) is 220 Å². The number of aldehydes is 3. The van der Waals surface area contributed by atoms with Crippen LogP contribution in [0.4, 0.5) is 17.1 Å². The Bertz CT molecular complexity index is 3080. The van der Waals surface area contributed by atoms with Crippen LogP contribution >= 0.6 is 0 Å². The molecule has 0 fully saturated rings. The van der Waals surface area contributed by atoms with E-state index in [-0.39, 0.29) is 5.41 Å². The van der Waals surface area contributed by atoms with Crippen molar-refractivity contribution in [1.29, 1.82) is 0 Å². The maximum Gasteiger partial charge on any atom is 0.150 e. The molecule has 3 aliphatic carbocycles. The SMILES string of the molecule is CC1(C)c2cc(C=O)ccc2-c2ccc(N(c3ccc(-c4ccc(C=O)cc4)cc3)c3ccc4c(c3)C3(c5ccccc5-c5cc(C=O)ccc53)c3ccccc3-4)cc21. The highest BCUT2D eigenvalue weighted by atomic mass is 16.1. The summed E-state index contributed by atoms with van der Waals surface area (Å²) in [6.07, 6.45) is 2.73. The topological polar surface area (TPSA) is 54.5 Å². The van der Waals surface area contributed by atoms with Crippen molar-refractivity contribution in [1.82, 2.24) is 0 Å². The molecule has 0 aliphatic heterocycles. The predicted molar refractivity (Wildman–Crippen MR) is 237 cm³/mol. The molecular formula is C55H37NO3. The number of nitrogens with zero attached hydrogens (tertiary/aromatic N) is 1. The standard InChI is InChI=1S/C55H37NO3/c1-54(2)51-28-36(33-59)13-23-44(51)45-24-21-40(29-52(45)54)56(39-19-17-38(18-20-39)37-15-11-34(31-57)12-16-37)41-22-25-46-42-7-3-5-9-48(42)55(53(46)30-41)49-10-6-4-8-43(49)47-27-35(32-58)14-26-50(47)55/h3-33H,1-2H3. The van der Waals surface area contributed by atoms with Gasteiger partial charge in [-0.15, -0.1) is 0 Å². The molecule has 0 bridgehead atoms. The molecule has 0 heterocycles. The van der Waals surface area contributed by atoms with Gasteiger partial charge in [0.15, 0.2) is 0 Å². The Balaban J connectivity index is 1.13. The van der Waals surface area contributed by atoms with E-state index in [0.717, 1.165) is 69.3 Å². The zero-order valence-electron chi connectivity index (χ0n) is 32.6. The number of carbonyl (C=O) groups is 3. The van der Waals surface area contributed by atoms with Crippen molar-refractivity contribution < 1.29 is 14.4 Å². The van der Waals surface area contributed by atoms with Gasteiger partial charge in [0.2, 0.25) is 0 Å². The summed E-state index contributed by atoms with van der Waals surface area (Å²) in [5.41, 5.74) is 20.4. The van der Waals surface area contributed by atoms with Gasteiger partial charge >= 0.3 is 0 Å².